The highest BCUT2D eigenvalue weighted by Gasteiger charge is 2.36. The molecule has 0 saturated carbocycles. The van der Waals surface area contributed by atoms with Crippen LogP contribution >= 0.6 is 46.6 Å². The van der Waals surface area contributed by atoms with E-state index in [4.69, 9.17) is 39.5 Å². The van der Waals surface area contributed by atoms with E-state index in [-0.39, 0.29) is 11.5 Å². The Morgan fingerprint density at radius 2 is 1.66 bits per heavy atom. The highest BCUT2D eigenvalue weighted by molar-refractivity contribution is 8.18. The molecule has 3 aromatic carbocycles. The van der Waals surface area contributed by atoms with Gasteiger partial charge < -0.3 is 10.1 Å². The number of benzene rings is 3. The zero-order chi connectivity index (χ0) is 24.9. The van der Waals surface area contributed by atoms with Gasteiger partial charge in [-0.1, -0.05) is 46.9 Å². The van der Waals surface area contributed by atoms with Crippen LogP contribution in [0.4, 0.5) is 10.5 Å². The van der Waals surface area contributed by atoms with E-state index in [9.17, 15) is 14.4 Å². The minimum absolute atomic E-state index is 0.157. The van der Waals surface area contributed by atoms with Crippen LogP contribution in [-0.2, 0) is 16.2 Å². The Morgan fingerprint density at radius 3 is 2.40 bits per heavy atom. The lowest BCUT2D eigenvalue weighted by Crippen LogP contribution is -2.36. The molecule has 10 heteroatoms. The van der Waals surface area contributed by atoms with Gasteiger partial charge in [0.1, 0.15) is 18.9 Å². The van der Waals surface area contributed by atoms with Gasteiger partial charge in [-0.2, -0.15) is 0 Å². The number of nitrogens with one attached hydrogen (secondary N) is 1. The maximum absolute atomic E-state index is 12.9. The van der Waals surface area contributed by atoms with E-state index < -0.39 is 23.6 Å². The predicted octanol–water partition coefficient (Wildman–Crippen LogP) is 6.90. The second-order valence-electron chi connectivity index (χ2n) is 7.42. The predicted molar refractivity (Wildman–Crippen MR) is 140 cm³/mol. The first-order chi connectivity index (χ1) is 16.8. The van der Waals surface area contributed by atoms with Crippen molar-refractivity contribution >= 4 is 75.4 Å². The number of carbonyl (C=O) groups excluding carboxylic acids is 3. The summed E-state index contributed by atoms with van der Waals surface area (Å²) in [4.78, 5) is 38.8. The fourth-order valence-electron chi connectivity index (χ4n) is 3.21. The van der Waals surface area contributed by atoms with Gasteiger partial charge >= 0.3 is 0 Å². The average molecular weight is 548 g/mol. The van der Waals surface area contributed by atoms with Crippen molar-refractivity contribution in [2.24, 2.45) is 0 Å². The van der Waals surface area contributed by atoms with Crippen molar-refractivity contribution in [2.75, 3.05) is 11.9 Å². The Morgan fingerprint density at radius 1 is 0.943 bits per heavy atom. The van der Waals surface area contributed by atoms with E-state index in [1.165, 1.54) is 6.08 Å². The smallest absolute Gasteiger partial charge is 0.294 e. The molecule has 6 nitrogen and oxygen atoms in total. The topological polar surface area (TPSA) is 75.7 Å². The molecule has 1 fully saturated rings. The third-order valence-electron chi connectivity index (χ3n) is 4.85. The summed E-state index contributed by atoms with van der Waals surface area (Å²) in [7, 11) is 0. The van der Waals surface area contributed by atoms with E-state index in [0.29, 0.717) is 32.1 Å². The number of thioether (sulfide) groups is 1. The van der Waals surface area contributed by atoms with Gasteiger partial charge in [0.05, 0.1) is 4.91 Å². The fourth-order valence-corrected chi connectivity index (χ4v) is 4.55. The highest BCUT2D eigenvalue weighted by atomic mass is 35.5. The van der Waals surface area contributed by atoms with Gasteiger partial charge in [0.25, 0.3) is 11.1 Å². The third-order valence-corrected chi connectivity index (χ3v) is 6.47. The molecular formula is C25H17Cl3N2O4S. The minimum atomic E-state index is -0.577. The first kappa shape index (κ1) is 25.1. The van der Waals surface area contributed by atoms with Gasteiger partial charge in [-0.25, -0.2) is 0 Å². The molecule has 0 aromatic heterocycles. The van der Waals surface area contributed by atoms with Crippen molar-refractivity contribution in [3.63, 3.8) is 0 Å². The van der Waals surface area contributed by atoms with E-state index >= 15 is 0 Å². The number of hydrogen-bond acceptors (Lipinski definition) is 5. The van der Waals surface area contributed by atoms with Gasteiger partial charge in [0.2, 0.25) is 5.91 Å². The summed E-state index contributed by atoms with van der Waals surface area (Å²) in [6, 6.07) is 18.7. The zero-order valence-corrected chi connectivity index (χ0v) is 21.0. The Labute approximate surface area is 220 Å². The quantitative estimate of drug-likeness (QED) is 0.326. The SMILES string of the molecule is O=C(CN1C(=O)S/C(=C/c2cc(Cl)ccc2OCc2cccc(Cl)c2)C1=O)Nc1ccc(Cl)cc1. The summed E-state index contributed by atoms with van der Waals surface area (Å²) in [5, 5.41) is 3.65. The van der Waals surface area contributed by atoms with Crippen LogP contribution in [0.25, 0.3) is 6.08 Å². The number of halogens is 3. The number of amides is 3. The molecule has 1 heterocycles. The minimum Gasteiger partial charge on any atom is -0.488 e. The molecule has 3 amide bonds. The number of imide groups is 1. The largest absolute Gasteiger partial charge is 0.488 e. The monoisotopic (exact) mass is 546 g/mol. The first-order valence-corrected chi connectivity index (χ1v) is 12.2. The summed E-state index contributed by atoms with van der Waals surface area (Å²) in [5.74, 6) is -0.613. The van der Waals surface area contributed by atoms with Crippen LogP contribution in [0.1, 0.15) is 11.1 Å². The molecular weight excluding hydrogens is 531 g/mol. The summed E-state index contributed by atoms with van der Waals surface area (Å²) in [6.45, 7) is -0.173. The molecule has 1 aliphatic heterocycles. The molecule has 0 atom stereocenters. The Kier molecular flexibility index (Phi) is 8.03. The van der Waals surface area contributed by atoms with E-state index in [0.717, 1.165) is 22.2 Å². The number of carbonyl (C=O) groups is 3. The van der Waals surface area contributed by atoms with Crippen molar-refractivity contribution in [3.05, 3.63) is 97.8 Å². The van der Waals surface area contributed by atoms with Crippen LogP contribution in [0.5, 0.6) is 5.75 Å². The molecule has 0 unspecified atom stereocenters. The Bertz CT molecular complexity index is 1330. The van der Waals surface area contributed by atoms with Gasteiger partial charge in [-0.05, 0) is 78.0 Å². The van der Waals surface area contributed by atoms with Crippen molar-refractivity contribution in [1.29, 1.82) is 0 Å². The maximum Gasteiger partial charge on any atom is 0.294 e. The molecule has 0 radical (unpaired) electrons. The second kappa shape index (κ2) is 11.2. The lowest BCUT2D eigenvalue weighted by Gasteiger charge is -2.13. The molecule has 1 N–H and O–H groups in total. The first-order valence-electron chi connectivity index (χ1n) is 10.3. The van der Waals surface area contributed by atoms with E-state index in [2.05, 4.69) is 5.32 Å². The van der Waals surface area contributed by atoms with Gasteiger partial charge in [-0.3, -0.25) is 19.3 Å². The molecule has 0 aliphatic carbocycles. The average Bonchev–Trinajstić information content (AvgIpc) is 3.07. The summed E-state index contributed by atoms with van der Waals surface area (Å²) < 4.78 is 5.92. The molecule has 35 heavy (non-hydrogen) atoms. The zero-order valence-electron chi connectivity index (χ0n) is 18.0. The number of rotatable bonds is 7. The van der Waals surface area contributed by atoms with Crippen molar-refractivity contribution in [2.45, 2.75) is 6.61 Å². The van der Waals surface area contributed by atoms with Crippen molar-refractivity contribution < 1.29 is 19.1 Å². The fraction of sp³-hybridized carbons (Fsp3) is 0.0800. The number of ether oxygens (including phenoxy) is 1. The molecule has 4 rings (SSSR count). The maximum atomic E-state index is 12.9. The van der Waals surface area contributed by atoms with Crippen molar-refractivity contribution in [3.8, 4) is 5.75 Å². The summed E-state index contributed by atoms with van der Waals surface area (Å²) >= 11 is 18.8. The highest BCUT2D eigenvalue weighted by Crippen LogP contribution is 2.35. The summed E-state index contributed by atoms with van der Waals surface area (Å²) in [5.41, 5.74) is 1.89. The number of anilines is 1. The van der Waals surface area contributed by atoms with Crippen LogP contribution in [0.3, 0.4) is 0 Å². The van der Waals surface area contributed by atoms with Crippen LogP contribution in [-0.4, -0.2) is 28.5 Å². The lowest BCUT2D eigenvalue weighted by molar-refractivity contribution is -0.127. The van der Waals surface area contributed by atoms with Crippen LogP contribution in [0, 0.1) is 0 Å². The number of hydrogen-bond donors (Lipinski definition) is 1. The molecule has 0 spiro atoms. The molecule has 178 valence electrons. The number of nitrogens with zero attached hydrogens (tertiary/aromatic N) is 1. The van der Waals surface area contributed by atoms with E-state index in [1.807, 2.05) is 12.1 Å². The Hall–Kier alpha value is -2.97. The van der Waals surface area contributed by atoms with E-state index in [1.54, 1.807) is 54.6 Å². The second-order valence-corrected chi connectivity index (χ2v) is 9.73. The van der Waals surface area contributed by atoms with Crippen LogP contribution in [0.15, 0.2) is 71.6 Å². The molecule has 1 aliphatic rings. The normalized spacial score (nSPS) is 14.5. The Balaban J connectivity index is 1.48. The molecule has 3 aromatic rings. The lowest BCUT2D eigenvalue weighted by atomic mass is 10.1. The van der Waals surface area contributed by atoms with Crippen molar-refractivity contribution in [1.82, 2.24) is 4.90 Å². The standard InChI is InChI=1S/C25H17Cl3N2O4S/c26-17-4-7-20(8-5-17)29-23(31)13-30-24(32)22(35-25(30)33)12-16-11-19(28)6-9-21(16)34-14-15-2-1-3-18(27)10-15/h1-12H,13-14H2,(H,29,31)/b22-12+. The van der Waals surface area contributed by atoms with Gasteiger partial charge in [0, 0.05) is 26.3 Å². The third kappa shape index (κ3) is 6.58. The van der Waals surface area contributed by atoms with Crippen LogP contribution in [0.2, 0.25) is 15.1 Å². The molecule has 0 bridgehead atoms. The van der Waals surface area contributed by atoms with Gasteiger partial charge in [-0.15, -0.1) is 0 Å². The summed E-state index contributed by atoms with van der Waals surface area (Å²) in [6.07, 6.45) is 1.53. The van der Waals surface area contributed by atoms with Gasteiger partial charge in [0.15, 0.2) is 0 Å². The van der Waals surface area contributed by atoms with Crippen LogP contribution < -0.4 is 10.1 Å². The molecule has 1 saturated heterocycles.